The maximum absolute atomic E-state index is 12.6. The molecule has 3 aromatic rings. The summed E-state index contributed by atoms with van der Waals surface area (Å²) in [6.07, 6.45) is 7.32. The van der Waals surface area contributed by atoms with Gasteiger partial charge in [0.25, 0.3) is 5.56 Å². The average Bonchev–Trinajstić information content (AvgIpc) is 2.96. The van der Waals surface area contributed by atoms with Gasteiger partial charge in [-0.15, -0.1) is 0 Å². The van der Waals surface area contributed by atoms with Crippen molar-refractivity contribution in [3.63, 3.8) is 0 Å². The molecule has 0 N–H and O–H groups in total. The first-order valence-corrected chi connectivity index (χ1v) is 10.0. The molecule has 0 fully saturated rings. The van der Waals surface area contributed by atoms with Crippen molar-refractivity contribution in [3.8, 4) is 0 Å². The predicted molar refractivity (Wildman–Crippen MR) is 109 cm³/mol. The molecule has 142 valence electrons. The lowest BCUT2D eigenvalue weighted by Crippen LogP contribution is -2.24. The molecule has 2 heterocycles. The summed E-state index contributed by atoms with van der Waals surface area (Å²) < 4.78 is 3.30. The van der Waals surface area contributed by atoms with Crippen LogP contribution in [0.15, 0.2) is 40.0 Å². The molecule has 0 bridgehead atoms. The summed E-state index contributed by atoms with van der Waals surface area (Å²) >= 11 is 3.28. The molecule has 6 nitrogen and oxygen atoms in total. The van der Waals surface area contributed by atoms with Gasteiger partial charge >= 0.3 is 0 Å². The Morgan fingerprint density at radius 1 is 1.15 bits per heavy atom. The first-order valence-electron chi connectivity index (χ1n) is 9.21. The SMILES string of the molecule is CCCCCCc1ccc(C(=O)Cn2cnc3c(c(Br)nn3C)c2=O)cc1. The van der Waals surface area contributed by atoms with Crippen LogP contribution in [0.5, 0.6) is 0 Å². The number of nitrogens with zero attached hydrogens (tertiary/aromatic N) is 4. The van der Waals surface area contributed by atoms with Crippen LogP contribution in [0.1, 0.15) is 48.5 Å². The molecule has 1 aromatic carbocycles. The van der Waals surface area contributed by atoms with Crippen LogP contribution in [-0.2, 0) is 20.0 Å². The van der Waals surface area contributed by atoms with Gasteiger partial charge in [-0.25, -0.2) is 9.67 Å². The van der Waals surface area contributed by atoms with Gasteiger partial charge in [-0.2, -0.15) is 5.10 Å². The van der Waals surface area contributed by atoms with E-state index in [1.165, 1.54) is 46.8 Å². The van der Waals surface area contributed by atoms with Gasteiger partial charge < -0.3 is 0 Å². The Bertz CT molecular complexity index is 1010. The highest BCUT2D eigenvalue weighted by Gasteiger charge is 2.15. The number of aromatic nitrogens is 4. The van der Waals surface area contributed by atoms with Gasteiger partial charge in [-0.05, 0) is 34.3 Å². The summed E-state index contributed by atoms with van der Waals surface area (Å²) in [5.74, 6) is -0.115. The minimum atomic E-state index is -0.277. The summed E-state index contributed by atoms with van der Waals surface area (Å²) in [6, 6.07) is 7.69. The smallest absolute Gasteiger partial charge is 0.266 e. The van der Waals surface area contributed by atoms with E-state index >= 15 is 0 Å². The number of rotatable bonds is 8. The second-order valence-corrected chi connectivity index (χ2v) is 7.47. The number of hydrogen-bond acceptors (Lipinski definition) is 4. The normalized spacial score (nSPS) is 11.2. The van der Waals surface area contributed by atoms with E-state index in [0.29, 0.717) is 21.2 Å². The van der Waals surface area contributed by atoms with Crippen molar-refractivity contribution in [1.29, 1.82) is 0 Å². The third-order valence-electron chi connectivity index (χ3n) is 4.68. The third-order valence-corrected chi connectivity index (χ3v) is 5.23. The number of carbonyl (C=O) groups excluding carboxylic acids is 1. The minimum absolute atomic E-state index is 0.0427. The van der Waals surface area contributed by atoms with E-state index in [0.717, 1.165) is 6.42 Å². The molecular formula is C20H23BrN4O2. The number of hydrogen-bond donors (Lipinski definition) is 0. The highest BCUT2D eigenvalue weighted by Crippen LogP contribution is 2.17. The van der Waals surface area contributed by atoms with Crippen LogP contribution in [0.4, 0.5) is 0 Å². The fourth-order valence-corrected chi connectivity index (χ4v) is 3.69. The monoisotopic (exact) mass is 430 g/mol. The van der Waals surface area contributed by atoms with Gasteiger partial charge in [0.05, 0.1) is 6.54 Å². The molecule has 0 spiro atoms. The topological polar surface area (TPSA) is 69.8 Å². The standard InChI is InChI=1S/C20H23BrN4O2/c1-3-4-5-6-7-14-8-10-15(11-9-14)16(26)12-25-13-22-19-17(20(25)27)18(21)23-24(19)2/h8-11,13H,3-7,12H2,1-2H3. The van der Waals surface area contributed by atoms with Gasteiger partial charge in [0.1, 0.15) is 16.3 Å². The molecule has 7 heteroatoms. The molecule has 0 atom stereocenters. The van der Waals surface area contributed by atoms with Gasteiger partial charge in [0.15, 0.2) is 11.4 Å². The number of carbonyl (C=O) groups is 1. The number of fused-ring (bicyclic) bond motifs is 1. The lowest BCUT2D eigenvalue weighted by molar-refractivity contribution is 0.0970. The Morgan fingerprint density at radius 2 is 1.89 bits per heavy atom. The van der Waals surface area contributed by atoms with Crippen molar-refractivity contribution in [3.05, 3.63) is 56.7 Å². The molecule has 0 aliphatic rings. The van der Waals surface area contributed by atoms with Crippen LogP contribution in [0.3, 0.4) is 0 Å². The van der Waals surface area contributed by atoms with Gasteiger partial charge in [-0.3, -0.25) is 14.2 Å². The summed E-state index contributed by atoms with van der Waals surface area (Å²) in [5, 5.41) is 4.53. The van der Waals surface area contributed by atoms with E-state index in [1.807, 2.05) is 24.3 Å². The molecule has 0 unspecified atom stereocenters. The fraction of sp³-hybridized carbons (Fsp3) is 0.400. The quantitative estimate of drug-likeness (QED) is 0.401. The number of halogens is 1. The van der Waals surface area contributed by atoms with Crippen molar-refractivity contribution >= 4 is 32.7 Å². The second kappa shape index (κ2) is 8.61. The third kappa shape index (κ3) is 4.35. The maximum Gasteiger partial charge on any atom is 0.266 e. The Labute approximate surface area is 166 Å². The van der Waals surface area contributed by atoms with Crippen LogP contribution in [0.2, 0.25) is 0 Å². The summed E-state index contributed by atoms with van der Waals surface area (Å²) in [6.45, 7) is 2.16. The van der Waals surface area contributed by atoms with E-state index in [2.05, 4.69) is 32.9 Å². The second-order valence-electron chi connectivity index (χ2n) is 6.72. The molecule has 0 saturated carbocycles. The van der Waals surface area contributed by atoms with Crippen molar-refractivity contribution in [2.45, 2.75) is 45.6 Å². The van der Waals surface area contributed by atoms with Gasteiger partial charge in [-0.1, -0.05) is 50.5 Å². The Balaban J connectivity index is 1.72. The summed E-state index contributed by atoms with van der Waals surface area (Å²) in [4.78, 5) is 29.5. The van der Waals surface area contributed by atoms with Gasteiger partial charge in [0, 0.05) is 12.6 Å². The zero-order chi connectivity index (χ0) is 19.4. The number of aryl methyl sites for hydroxylation is 2. The van der Waals surface area contributed by atoms with Gasteiger partial charge in [0.2, 0.25) is 0 Å². The van der Waals surface area contributed by atoms with Crippen LogP contribution >= 0.6 is 15.9 Å². The van der Waals surface area contributed by atoms with Crippen LogP contribution in [-0.4, -0.2) is 25.1 Å². The molecular weight excluding hydrogens is 408 g/mol. The molecule has 0 amide bonds. The van der Waals surface area contributed by atoms with Crippen molar-refractivity contribution in [1.82, 2.24) is 19.3 Å². The van der Waals surface area contributed by atoms with Crippen LogP contribution < -0.4 is 5.56 Å². The zero-order valence-electron chi connectivity index (χ0n) is 15.6. The molecule has 0 aliphatic carbocycles. The first kappa shape index (κ1) is 19.5. The zero-order valence-corrected chi connectivity index (χ0v) is 17.2. The summed E-state index contributed by atoms with van der Waals surface area (Å²) in [5.41, 5.74) is 2.05. The number of ketones is 1. The molecule has 0 saturated heterocycles. The largest absolute Gasteiger partial charge is 0.292 e. The number of Topliss-reactive ketones (excluding diaryl/α,β-unsaturated/α-hetero) is 1. The van der Waals surface area contributed by atoms with E-state index < -0.39 is 0 Å². The highest BCUT2D eigenvalue weighted by atomic mass is 79.9. The molecule has 0 radical (unpaired) electrons. The average molecular weight is 431 g/mol. The molecule has 27 heavy (non-hydrogen) atoms. The lowest BCUT2D eigenvalue weighted by atomic mass is 10.0. The number of unbranched alkanes of at least 4 members (excludes halogenated alkanes) is 3. The van der Waals surface area contributed by atoms with Crippen LogP contribution in [0.25, 0.3) is 11.0 Å². The molecule has 3 rings (SSSR count). The first-order chi connectivity index (χ1) is 13.0. The molecule has 0 aliphatic heterocycles. The van der Waals surface area contributed by atoms with Crippen LogP contribution in [0, 0.1) is 0 Å². The minimum Gasteiger partial charge on any atom is -0.292 e. The molecule has 2 aromatic heterocycles. The highest BCUT2D eigenvalue weighted by molar-refractivity contribution is 9.10. The number of benzene rings is 1. The Morgan fingerprint density at radius 3 is 2.59 bits per heavy atom. The van der Waals surface area contributed by atoms with Crippen molar-refractivity contribution < 1.29 is 4.79 Å². The predicted octanol–water partition coefficient (Wildman–Crippen LogP) is 3.90. The Hall–Kier alpha value is -2.28. The Kier molecular flexibility index (Phi) is 6.21. The lowest BCUT2D eigenvalue weighted by Gasteiger charge is -2.06. The van der Waals surface area contributed by atoms with E-state index in [1.54, 1.807) is 7.05 Å². The van der Waals surface area contributed by atoms with Crippen molar-refractivity contribution in [2.75, 3.05) is 0 Å². The fourth-order valence-electron chi connectivity index (χ4n) is 3.11. The van der Waals surface area contributed by atoms with E-state index in [4.69, 9.17) is 0 Å². The summed E-state index contributed by atoms with van der Waals surface area (Å²) in [7, 11) is 1.72. The van der Waals surface area contributed by atoms with E-state index in [9.17, 15) is 9.59 Å². The van der Waals surface area contributed by atoms with Crippen molar-refractivity contribution in [2.24, 2.45) is 7.05 Å². The maximum atomic E-state index is 12.6. The van der Waals surface area contributed by atoms with E-state index in [-0.39, 0.29) is 17.9 Å².